The molecule has 0 saturated heterocycles. The first-order valence-electron chi connectivity index (χ1n) is 9.60. The Morgan fingerprint density at radius 1 is 1.00 bits per heavy atom. The van der Waals surface area contributed by atoms with Crippen molar-refractivity contribution in [2.45, 2.75) is 65.2 Å². The Bertz CT molecular complexity index is 341. The van der Waals surface area contributed by atoms with E-state index in [2.05, 4.69) is 42.3 Å². The van der Waals surface area contributed by atoms with Gasteiger partial charge in [0, 0.05) is 26.1 Å². The van der Waals surface area contributed by atoms with E-state index in [0.717, 1.165) is 32.4 Å². The number of hydrogen-bond donors (Lipinski definition) is 2. The largest absolute Gasteiger partial charge is 0.395 e. The highest BCUT2D eigenvalue weighted by Gasteiger charge is 2.05. The van der Waals surface area contributed by atoms with Gasteiger partial charge in [-0.25, -0.2) is 0 Å². The Labute approximate surface area is 149 Å². The molecule has 1 amide bonds. The van der Waals surface area contributed by atoms with Crippen LogP contribution in [0.15, 0.2) is 24.3 Å². The molecule has 0 spiro atoms. The zero-order valence-electron chi connectivity index (χ0n) is 15.8. The molecule has 0 unspecified atom stereocenters. The van der Waals surface area contributed by atoms with Crippen LogP contribution in [0.4, 0.5) is 0 Å². The van der Waals surface area contributed by atoms with E-state index in [0.29, 0.717) is 19.5 Å². The van der Waals surface area contributed by atoms with E-state index in [1.165, 1.54) is 25.7 Å². The topological polar surface area (TPSA) is 52.6 Å². The minimum Gasteiger partial charge on any atom is -0.395 e. The molecule has 0 aliphatic heterocycles. The molecular weight excluding hydrogens is 300 g/mol. The number of nitrogens with zero attached hydrogens (tertiary/aromatic N) is 1. The summed E-state index contributed by atoms with van der Waals surface area (Å²) in [6, 6.07) is 0. The van der Waals surface area contributed by atoms with Crippen molar-refractivity contribution >= 4 is 5.91 Å². The first-order valence-corrected chi connectivity index (χ1v) is 9.60. The molecule has 24 heavy (non-hydrogen) atoms. The molecule has 140 valence electrons. The Morgan fingerprint density at radius 3 is 2.50 bits per heavy atom. The van der Waals surface area contributed by atoms with E-state index in [-0.39, 0.29) is 12.5 Å². The summed E-state index contributed by atoms with van der Waals surface area (Å²) in [5.74, 6) is 0.0815. The third kappa shape index (κ3) is 15.8. The normalized spacial score (nSPS) is 11.8. The zero-order chi connectivity index (χ0) is 17.9. The van der Waals surface area contributed by atoms with E-state index in [1.54, 1.807) is 0 Å². The SMILES string of the molecule is C/C=C/CCCCCN(CCO)CCNC(=O)C/C=C/CCCC. The van der Waals surface area contributed by atoms with Gasteiger partial charge >= 0.3 is 0 Å². The lowest BCUT2D eigenvalue weighted by atomic mass is 10.2. The maximum atomic E-state index is 11.7. The van der Waals surface area contributed by atoms with Crippen LogP contribution >= 0.6 is 0 Å². The summed E-state index contributed by atoms with van der Waals surface area (Å²) in [5.41, 5.74) is 0. The third-order valence-corrected chi connectivity index (χ3v) is 3.94. The van der Waals surface area contributed by atoms with Gasteiger partial charge in [0.05, 0.1) is 6.61 Å². The van der Waals surface area contributed by atoms with Crippen LogP contribution in [0.5, 0.6) is 0 Å². The second-order valence-corrected chi connectivity index (χ2v) is 6.15. The van der Waals surface area contributed by atoms with E-state index in [1.807, 2.05) is 6.08 Å². The average Bonchev–Trinajstić information content (AvgIpc) is 2.57. The second kappa shape index (κ2) is 18.2. The standard InChI is InChI=1S/C20H38N2O2/c1-3-5-7-9-11-13-16-22(18-19-23)17-15-21-20(24)14-12-10-8-6-4-2/h3,5,10,12,23H,4,6-9,11,13-19H2,1-2H3,(H,21,24)/b5-3+,12-10+. The smallest absolute Gasteiger partial charge is 0.223 e. The molecule has 0 radical (unpaired) electrons. The summed E-state index contributed by atoms with van der Waals surface area (Å²) in [4.78, 5) is 14.0. The van der Waals surface area contributed by atoms with E-state index < -0.39 is 0 Å². The molecule has 0 aliphatic rings. The predicted molar refractivity (Wildman–Crippen MR) is 103 cm³/mol. The number of aliphatic hydroxyl groups excluding tert-OH is 1. The van der Waals surface area contributed by atoms with Crippen molar-refractivity contribution in [2.24, 2.45) is 0 Å². The number of nitrogens with one attached hydrogen (secondary N) is 1. The highest BCUT2D eigenvalue weighted by Crippen LogP contribution is 2.02. The predicted octanol–water partition coefficient (Wildman–Crippen LogP) is 3.67. The highest BCUT2D eigenvalue weighted by molar-refractivity contribution is 5.77. The summed E-state index contributed by atoms with van der Waals surface area (Å²) in [6.07, 6.45) is 17.0. The first-order chi connectivity index (χ1) is 11.7. The van der Waals surface area contributed by atoms with Gasteiger partial charge in [0.2, 0.25) is 5.91 Å². The van der Waals surface area contributed by atoms with Crippen LogP contribution in [0.2, 0.25) is 0 Å². The van der Waals surface area contributed by atoms with Gasteiger partial charge < -0.3 is 10.4 Å². The fourth-order valence-electron chi connectivity index (χ4n) is 2.47. The van der Waals surface area contributed by atoms with Crippen LogP contribution in [-0.2, 0) is 4.79 Å². The number of hydrogen-bond acceptors (Lipinski definition) is 3. The molecule has 0 aromatic rings. The molecule has 0 aliphatic carbocycles. The van der Waals surface area contributed by atoms with Crippen molar-refractivity contribution in [2.75, 3.05) is 32.8 Å². The Kier molecular flexibility index (Phi) is 17.4. The molecule has 0 aromatic heterocycles. The lowest BCUT2D eigenvalue weighted by molar-refractivity contribution is -0.120. The van der Waals surface area contributed by atoms with Gasteiger partial charge in [0.25, 0.3) is 0 Å². The third-order valence-electron chi connectivity index (χ3n) is 3.94. The molecular formula is C20H38N2O2. The highest BCUT2D eigenvalue weighted by atomic mass is 16.3. The summed E-state index contributed by atoms with van der Waals surface area (Å²) in [5, 5.41) is 12.1. The van der Waals surface area contributed by atoms with E-state index in [4.69, 9.17) is 5.11 Å². The first kappa shape index (κ1) is 22.9. The minimum absolute atomic E-state index is 0.0815. The molecule has 0 atom stereocenters. The molecule has 0 saturated carbocycles. The molecule has 0 rings (SSSR count). The summed E-state index contributed by atoms with van der Waals surface area (Å²) >= 11 is 0. The van der Waals surface area contributed by atoms with Crippen LogP contribution in [-0.4, -0.2) is 48.7 Å². The van der Waals surface area contributed by atoms with Crippen LogP contribution < -0.4 is 5.32 Å². The number of amides is 1. The number of carbonyl (C=O) groups excluding carboxylic acids is 1. The number of rotatable bonds is 16. The Balaban J connectivity index is 3.75. The fraction of sp³-hybridized carbons (Fsp3) is 0.750. The lowest BCUT2D eigenvalue weighted by Gasteiger charge is -2.21. The number of carbonyl (C=O) groups is 1. The Morgan fingerprint density at radius 2 is 1.79 bits per heavy atom. The van der Waals surface area contributed by atoms with Gasteiger partial charge in [0.1, 0.15) is 0 Å². The van der Waals surface area contributed by atoms with Gasteiger partial charge in [-0.2, -0.15) is 0 Å². The van der Waals surface area contributed by atoms with Gasteiger partial charge in [-0.05, 0) is 39.2 Å². The Hall–Kier alpha value is -1.13. The van der Waals surface area contributed by atoms with Crippen LogP contribution in [0, 0.1) is 0 Å². The van der Waals surface area contributed by atoms with Gasteiger partial charge in [0.15, 0.2) is 0 Å². The van der Waals surface area contributed by atoms with Crippen LogP contribution in [0.25, 0.3) is 0 Å². The number of aliphatic hydroxyl groups is 1. The van der Waals surface area contributed by atoms with Crippen molar-refractivity contribution in [1.29, 1.82) is 0 Å². The minimum atomic E-state index is 0.0815. The van der Waals surface area contributed by atoms with E-state index >= 15 is 0 Å². The molecule has 0 fully saturated rings. The second-order valence-electron chi connectivity index (χ2n) is 6.15. The van der Waals surface area contributed by atoms with Crippen molar-refractivity contribution in [3.8, 4) is 0 Å². The van der Waals surface area contributed by atoms with Gasteiger partial charge in [-0.15, -0.1) is 0 Å². The number of unbranched alkanes of at least 4 members (excludes halogenated alkanes) is 5. The monoisotopic (exact) mass is 338 g/mol. The average molecular weight is 339 g/mol. The summed E-state index contributed by atoms with van der Waals surface area (Å²) in [6.45, 7) is 7.53. The van der Waals surface area contributed by atoms with Crippen LogP contribution in [0.3, 0.4) is 0 Å². The molecule has 4 heteroatoms. The molecule has 2 N–H and O–H groups in total. The molecule has 4 nitrogen and oxygen atoms in total. The van der Waals surface area contributed by atoms with Crippen LogP contribution in [0.1, 0.15) is 65.2 Å². The van der Waals surface area contributed by atoms with Crippen molar-refractivity contribution in [3.63, 3.8) is 0 Å². The quantitative estimate of drug-likeness (QED) is 0.333. The van der Waals surface area contributed by atoms with Crippen molar-refractivity contribution < 1.29 is 9.90 Å². The number of allylic oxidation sites excluding steroid dienone is 3. The molecule has 0 aromatic carbocycles. The summed E-state index contributed by atoms with van der Waals surface area (Å²) in [7, 11) is 0. The van der Waals surface area contributed by atoms with Crippen molar-refractivity contribution in [1.82, 2.24) is 10.2 Å². The zero-order valence-corrected chi connectivity index (χ0v) is 15.8. The van der Waals surface area contributed by atoms with Crippen molar-refractivity contribution in [3.05, 3.63) is 24.3 Å². The summed E-state index contributed by atoms with van der Waals surface area (Å²) < 4.78 is 0. The van der Waals surface area contributed by atoms with E-state index in [9.17, 15) is 4.79 Å². The fourth-order valence-corrected chi connectivity index (χ4v) is 2.47. The molecule has 0 bridgehead atoms. The lowest BCUT2D eigenvalue weighted by Crippen LogP contribution is -2.36. The van der Waals surface area contributed by atoms with Gasteiger partial charge in [-0.1, -0.05) is 50.5 Å². The van der Waals surface area contributed by atoms with Gasteiger partial charge in [-0.3, -0.25) is 9.69 Å². The molecule has 0 heterocycles. The maximum absolute atomic E-state index is 11.7. The maximum Gasteiger partial charge on any atom is 0.223 e.